The Morgan fingerprint density at radius 3 is 2.00 bits per heavy atom. The third-order valence-corrected chi connectivity index (χ3v) is 9.32. The van der Waals surface area contributed by atoms with Crippen molar-refractivity contribution < 1.29 is 28.8 Å². The second-order valence-electron chi connectivity index (χ2n) is 9.37. The van der Waals surface area contributed by atoms with Crippen LogP contribution < -0.4 is 5.32 Å². The number of aliphatic carboxylic acids is 2. The summed E-state index contributed by atoms with van der Waals surface area (Å²) in [5.41, 5.74) is -0.745. The molecule has 2 aromatic carbocycles. The highest BCUT2D eigenvalue weighted by atomic mass is 35.5. The van der Waals surface area contributed by atoms with E-state index in [2.05, 4.69) is 10.2 Å². The average Bonchev–Trinajstić information content (AvgIpc) is 2.88. The average molecular weight is 627 g/mol. The molecule has 2 heterocycles. The molecule has 0 bridgehead atoms. The number of carbonyl (C=O) groups is 3. The molecule has 0 spiro atoms. The van der Waals surface area contributed by atoms with Gasteiger partial charge in [0.2, 0.25) is 5.91 Å². The van der Waals surface area contributed by atoms with Gasteiger partial charge >= 0.3 is 11.9 Å². The number of amides is 1. The Kier molecular flexibility index (Phi) is 9.58. The van der Waals surface area contributed by atoms with Crippen molar-refractivity contribution in [2.75, 3.05) is 39.0 Å². The standard InChI is InChI=1S/C27H26Cl3N3O6S/c1-32-9-11-33(12-10-32)21(34)13-18-23(26(35)36)25(22-16(29)6-4-7-17(22)30)24(27(37)38)19(31-18)14-40(39)20-8-3-2-5-15(20)28/h2-8,25,31H,9-14H2,1H3,(H,35,36)(H,37,38). The first-order valence-electron chi connectivity index (χ1n) is 12.2. The normalized spacial score (nSPS) is 18.9. The zero-order valence-electron chi connectivity index (χ0n) is 21.3. The van der Waals surface area contributed by atoms with Gasteiger partial charge in [0.15, 0.2) is 0 Å². The molecule has 0 radical (unpaired) electrons. The molecule has 2 aromatic rings. The summed E-state index contributed by atoms with van der Waals surface area (Å²) in [6.07, 6.45) is -0.348. The number of nitrogens with one attached hydrogen (secondary N) is 1. The van der Waals surface area contributed by atoms with E-state index in [4.69, 9.17) is 34.8 Å². The lowest BCUT2D eigenvalue weighted by Gasteiger charge is -2.35. The number of carboxylic acids is 2. The predicted molar refractivity (Wildman–Crippen MR) is 153 cm³/mol. The molecule has 9 nitrogen and oxygen atoms in total. The fraction of sp³-hybridized carbons (Fsp3) is 0.296. The lowest BCUT2D eigenvalue weighted by Crippen LogP contribution is -2.47. The summed E-state index contributed by atoms with van der Waals surface area (Å²) < 4.78 is 13.4. The molecular formula is C27H26Cl3N3O6S. The summed E-state index contributed by atoms with van der Waals surface area (Å²) in [4.78, 5) is 42.7. The van der Waals surface area contributed by atoms with E-state index in [0.717, 1.165) is 0 Å². The Hall–Kier alpha value is -2.89. The van der Waals surface area contributed by atoms with Gasteiger partial charge in [-0.1, -0.05) is 53.0 Å². The van der Waals surface area contributed by atoms with Crippen molar-refractivity contribution in [2.45, 2.75) is 17.2 Å². The summed E-state index contributed by atoms with van der Waals surface area (Å²) in [6, 6.07) is 10.9. The summed E-state index contributed by atoms with van der Waals surface area (Å²) >= 11 is 19.2. The van der Waals surface area contributed by atoms with Gasteiger partial charge in [-0.3, -0.25) is 9.00 Å². The number of likely N-dealkylation sites (N-methyl/N-ethyl adjacent to an activating group) is 1. The van der Waals surface area contributed by atoms with Crippen molar-refractivity contribution in [3.8, 4) is 0 Å². The molecule has 0 aromatic heterocycles. The number of benzene rings is 2. The van der Waals surface area contributed by atoms with Crippen LogP contribution in [0.25, 0.3) is 0 Å². The molecule has 40 heavy (non-hydrogen) atoms. The molecule has 1 saturated heterocycles. The van der Waals surface area contributed by atoms with Gasteiger partial charge in [0.05, 0.1) is 50.0 Å². The minimum Gasteiger partial charge on any atom is -0.478 e. The number of dihydropyridines is 1. The van der Waals surface area contributed by atoms with E-state index in [1.165, 1.54) is 12.1 Å². The van der Waals surface area contributed by atoms with E-state index in [9.17, 15) is 28.8 Å². The molecular weight excluding hydrogens is 601 g/mol. The third kappa shape index (κ3) is 6.37. The van der Waals surface area contributed by atoms with Crippen LogP contribution in [0.3, 0.4) is 0 Å². The van der Waals surface area contributed by atoms with Crippen LogP contribution in [0.5, 0.6) is 0 Å². The fourth-order valence-corrected chi connectivity index (χ4v) is 6.97. The molecule has 0 saturated carbocycles. The molecule has 1 amide bonds. The molecule has 1 fully saturated rings. The highest BCUT2D eigenvalue weighted by Crippen LogP contribution is 2.45. The second-order valence-corrected chi connectivity index (χ2v) is 12.0. The molecule has 2 atom stereocenters. The Morgan fingerprint density at radius 2 is 1.43 bits per heavy atom. The molecule has 2 unspecified atom stereocenters. The Labute approximate surface area is 248 Å². The van der Waals surface area contributed by atoms with Gasteiger partial charge in [-0.2, -0.15) is 0 Å². The van der Waals surface area contributed by atoms with Crippen LogP contribution in [0.4, 0.5) is 0 Å². The zero-order chi connectivity index (χ0) is 29.1. The van der Waals surface area contributed by atoms with E-state index < -0.39 is 28.7 Å². The lowest BCUT2D eigenvalue weighted by molar-refractivity contribution is -0.133. The summed E-state index contributed by atoms with van der Waals surface area (Å²) in [5.74, 6) is -5.03. The van der Waals surface area contributed by atoms with Crippen LogP contribution in [0.15, 0.2) is 69.9 Å². The highest BCUT2D eigenvalue weighted by Gasteiger charge is 2.41. The van der Waals surface area contributed by atoms with Gasteiger partial charge in [0, 0.05) is 53.2 Å². The molecule has 3 N–H and O–H groups in total. The van der Waals surface area contributed by atoms with E-state index in [-0.39, 0.29) is 66.1 Å². The smallest absolute Gasteiger partial charge is 0.334 e. The molecule has 0 aliphatic carbocycles. The van der Waals surface area contributed by atoms with Crippen molar-refractivity contribution in [3.63, 3.8) is 0 Å². The Morgan fingerprint density at radius 1 is 0.875 bits per heavy atom. The van der Waals surface area contributed by atoms with Crippen molar-refractivity contribution in [3.05, 3.63) is 85.6 Å². The van der Waals surface area contributed by atoms with Crippen LogP contribution in [-0.2, 0) is 25.2 Å². The summed E-state index contributed by atoms with van der Waals surface area (Å²) in [7, 11) is 0.119. The van der Waals surface area contributed by atoms with Gasteiger partial charge in [-0.25, -0.2) is 9.59 Å². The van der Waals surface area contributed by atoms with Crippen LogP contribution in [0.1, 0.15) is 17.9 Å². The molecule has 212 valence electrons. The lowest BCUT2D eigenvalue weighted by atomic mass is 9.79. The Bertz CT molecular complexity index is 1430. The number of rotatable bonds is 8. The maximum absolute atomic E-state index is 13.4. The zero-order valence-corrected chi connectivity index (χ0v) is 24.4. The number of hydrogen-bond donors (Lipinski definition) is 3. The molecule has 4 rings (SSSR count). The maximum atomic E-state index is 13.4. The van der Waals surface area contributed by atoms with E-state index in [1.54, 1.807) is 35.2 Å². The first-order chi connectivity index (χ1) is 19.0. The minimum atomic E-state index is -1.82. The topological polar surface area (TPSA) is 127 Å². The largest absolute Gasteiger partial charge is 0.478 e. The molecule has 2 aliphatic rings. The number of carboxylic acid groups (broad SMARTS) is 2. The predicted octanol–water partition coefficient (Wildman–Crippen LogP) is 3.98. The van der Waals surface area contributed by atoms with Crippen molar-refractivity contribution >= 4 is 63.4 Å². The van der Waals surface area contributed by atoms with Crippen molar-refractivity contribution in [2.24, 2.45) is 0 Å². The van der Waals surface area contributed by atoms with Crippen LogP contribution in [-0.4, -0.2) is 81.0 Å². The minimum absolute atomic E-state index is 0.0198. The van der Waals surface area contributed by atoms with Crippen LogP contribution in [0.2, 0.25) is 15.1 Å². The van der Waals surface area contributed by atoms with Crippen molar-refractivity contribution in [1.29, 1.82) is 0 Å². The van der Waals surface area contributed by atoms with Crippen LogP contribution in [0, 0.1) is 0 Å². The fourth-order valence-electron chi connectivity index (χ4n) is 4.80. The highest BCUT2D eigenvalue weighted by molar-refractivity contribution is 7.85. The van der Waals surface area contributed by atoms with Gasteiger partial charge < -0.3 is 25.3 Å². The van der Waals surface area contributed by atoms with Gasteiger partial charge in [0.25, 0.3) is 0 Å². The Balaban J connectivity index is 1.86. The summed E-state index contributed by atoms with van der Waals surface area (Å²) in [6.45, 7) is 2.24. The summed E-state index contributed by atoms with van der Waals surface area (Å²) in [5, 5.41) is 23.9. The first kappa shape index (κ1) is 30.1. The van der Waals surface area contributed by atoms with Gasteiger partial charge in [-0.05, 0) is 31.3 Å². The molecule has 2 aliphatic heterocycles. The van der Waals surface area contributed by atoms with Gasteiger partial charge in [0.1, 0.15) is 0 Å². The maximum Gasteiger partial charge on any atom is 0.334 e. The van der Waals surface area contributed by atoms with E-state index in [1.807, 2.05) is 7.05 Å². The van der Waals surface area contributed by atoms with E-state index in [0.29, 0.717) is 26.2 Å². The second kappa shape index (κ2) is 12.7. The number of carbonyl (C=O) groups excluding carboxylic acids is 1. The first-order valence-corrected chi connectivity index (χ1v) is 14.7. The van der Waals surface area contributed by atoms with Gasteiger partial charge in [-0.15, -0.1) is 0 Å². The third-order valence-electron chi connectivity index (χ3n) is 6.82. The van der Waals surface area contributed by atoms with Crippen molar-refractivity contribution in [1.82, 2.24) is 15.1 Å². The number of nitrogens with zero attached hydrogens (tertiary/aromatic N) is 2. The number of halogens is 3. The molecule has 13 heteroatoms. The van der Waals surface area contributed by atoms with Crippen LogP contribution >= 0.6 is 34.8 Å². The SMILES string of the molecule is CN1CCN(C(=O)CC2=C(C(=O)O)C(c3c(Cl)cccc3Cl)C(C(=O)O)=C(CS(=O)c3ccccc3Cl)N2)CC1. The van der Waals surface area contributed by atoms with E-state index >= 15 is 0 Å². The quantitative estimate of drug-likeness (QED) is 0.402. The number of piperazine rings is 1. The monoisotopic (exact) mass is 625 g/mol. The number of hydrogen-bond acceptors (Lipinski definition) is 6.